The van der Waals surface area contributed by atoms with Crippen LogP contribution in [0.1, 0.15) is 42.9 Å². The summed E-state index contributed by atoms with van der Waals surface area (Å²) < 4.78 is 14.0. The maximum atomic E-state index is 12.4. The lowest BCUT2D eigenvalue weighted by Crippen LogP contribution is -2.26. The van der Waals surface area contributed by atoms with Gasteiger partial charge in [-0.05, 0) is 29.7 Å². The summed E-state index contributed by atoms with van der Waals surface area (Å²) in [4.78, 5) is 23.0. The number of benzene rings is 1. The van der Waals surface area contributed by atoms with Gasteiger partial charge in [0.05, 0.1) is 35.3 Å². The fourth-order valence-corrected chi connectivity index (χ4v) is 3.76. The van der Waals surface area contributed by atoms with Crippen molar-refractivity contribution in [2.24, 2.45) is 5.41 Å². The molecule has 33 heavy (non-hydrogen) atoms. The van der Waals surface area contributed by atoms with E-state index >= 15 is 0 Å². The number of aromatic nitrogens is 4. The normalized spacial score (nSPS) is 12.5. The van der Waals surface area contributed by atoms with Crippen LogP contribution in [0.5, 0.6) is 5.75 Å². The molecule has 0 unspecified atom stereocenters. The van der Waals surface area contributed by atoms with Crippen molar-refractivity contribution >= 4 is 46.3 Å². The molecule has 3 aromatic heterocycles. The van der Waals surface area contributed by atoms with Gasteiger partial charge in [-0.3, -0.25) is 4.79 Å². The lowest BCUT2D eigenvalue weighted by atomic mass is 9.85. The molecular weight excluding hydrogens is 442 g/mol. The highest BCUT2D eigenvalue weighted by Crippen LogP contribution is 2.39. The summed E-state index contributed by atoms with van der Waals surface area (Å²) in [7, 11) is 3.25. The molecular formula is C22H25N7O3S. The summed E-state index contributed by atoms with van der Waals surface area (Å²) >= 11 is 1.01. The molecule has 1 amide bonds. The molecule has 0 aliphatic carbocycles. The van der Waals surface area contributed by atoms with E-state index in [1.807, 2.05) is 12.1 Å². The number of aromatic hydroxyl groups is 1. The largest absolute Gasteiger partial charge is 0.505 e. The average Bonchev–Trinajstić information content (AvgIpc) is 3.43. The Morgan fingerprint density at radius 1 is 1.09 bits per heavy atom. The van der Waals surface area contributed by atoms with Gasteiger partial charge in [0.15, 0.2) is 17.4 Å². The number of carbonyl (C=O) groups excluding carboxylic acids is 1. The number of rotatable bonds is 6. The summed E-state index contributed by atoms with van der Waals surface area (Å²) in [5.74, 6) is 0.994. The molecule has 1 aromatic carbocycles. The second kappa shape index (κ2) is 8.66. The van der Waals surface area contributed by atoms with Gasteiger partial charge in [0, 0.05) is 14.1 Å². The van der Waals surface area contributed by atoms with Gasteiger partial charge in [0.2, 0.25) is 11.3 Å². The van der Waals surface area contributed by atoms with Gasteiger partial charge in [-0.1, -0.05) is 26.8 Å². The van der Waals surface area contributed by atoms with Crippen molar-refractivity contribution in [3.05, 3.63) is 47.9 Å². The van der Waals surface area contributed by atoms with Crippen molar-refractivity contribution in [3.8, 4) is 5.75 Å². The number of para-hydroxylation sites is 1. The van der Waals surface area contributed by atoms with Crippen LogP contribution in [0.25, 0.3) is 11.3 Å². The van der Waals surface area contributed by atoms with Crippen molar-refractivity contribution in [2.75, 3.05) is 24.7 Å². The van der Waals surface area contributed by atoms with E-state index in [1.165, 1.54) is 4.90 Å². The van der Waals surface area contributed by atoms with Crippen molar-refractivity contribution in [3.63, 3.8) is 0 Å². The minimum atomic E-state index is -0.314. The number of hydrogen-bond donors (Lipinski definition) is 3. The van der Waals surface area contributed by atoms with Crippen molar-refractivity contribution in [2.45, 2.75) is 26.8 Å². The lowest BCUT2D eigenvalue weighted by molar-refractivity contribution is 0.0824. The maximum absolute atomic E-state index is 12.4. The molecule has 172 valence electrons. The molecule has 11 heteroatoms. The van der Waals surface area contributed by atoms with E-state index in [9.17, 15) is 9.90 Å². The number of fused-ring (bicyclic) bond motifs is 1. The van der Waals surface area contributed by atoms with Crippen LogP contribution in [0, 0.1) is 5.41 Å². The predicted molar refractivity (Wildman–Crippen MR) is 127 cm³/mol. The Morgan fingerprint density at radius 3 is 2.39 bits per heavy atom. The third-order valence-electron chi connectivity index (χ3n) is 5.01. The third-order valence-corrected chi connectivity index (χ3v) is 5.52. The summed E-state index contributed by atoms with van der Waals surface area (Å²) in [5.41, 5.74) is 1.03. The molecule has 10 nitrogen and oxygen atoms in total. The number of amides is 1. The highest BCUT2D eigenvalue weighted by molar-refractivity contribution is 6.99. The fraction of sp³-hybridized carbons (Fsp3) is 0.318. The Kier molecular flexibility index (Phi) is 5.90. The first-order chi connectivity index (χ1) is 15.6. The molecule has 3 heterocycles. The monoisotopic (exact) mass is 467 g/mol. The Balaban J connectivity index is 1.77. The van der Waals surface area contributed by atoms with E-state index in [0.29, 0.717) is 28.6 Å². The number of anilines is 3. The smallest absolute Gasteiger partial charge is 0.257 e. The van der Waals surface area contributed by atoms with Gasteiger partial charge >= 0.3 is 0 Å². The molecule has 1 atom stereocenters. The number of hydrogen-bond acceptors (Lipinski definition) is 10. The topological polar surface area (TPSA) is 129 Å². The first-order valence-corrected chi connectivity index (χ1v) is 11.0. The van der Waals surface area contributed by atoms with E-state index in [4.69, 9.17) is 4.42 Å². The molecule has 0 saturated heterocycles. The van der Waals surface area contributed by atoms with Gasteiger partial charge in [-0.25, -0.2) is 9.97 Å². The lowest BCUT2D eigenvalue weighted by Gasteiger charge is -2.30. The molecule has 3 N–H and O–H groups in total. The average molecular weight is 468 g/mol. The van der Waals surface area contributed by atoms with Crippen LogP contribution in [-0.2, 0) is 0 Å². The first kappa shape index (κ1) is 22.5. The molecule has 4 rings (SSSR count). The zero-order valence-corrected chi connectivity index (χ0v) is 19.8. The predicted octanol–water partition coefficient (Wildman–Crippen LogP) is 4.42. The molecule has 0 bridgehead atoms. The molecule has 0 aliphatic heterocycles. The number of furan rings is 1. The van der Waals surface area contributed by atoms with Crippen LogP contribution in [-0.4, -0.2) is 48.7 Å². The Hall–Kier alpha value is -3.73. The van der Waals surface area contributed by atoms with E-state index in [1.54, 1.807) is 38.6 Å². The highest BCUT2D eigenvalue weighted by atomic mass is 32.1. The van der Waals surface area contributed by atoms with Crippen molar-refractivity contribution < 1.29 is 14.3 Å². The summed E-state index contributed by atoms with van der Waals surface area (Å²) in [6.07, 6.45) is 1.62. The first-order valence-electron chi connectivity index (χ1n) is 10.3. The van der Waals surface area contributed by atoms with E-state index < -0.39 is 0 Å². The minimum Gasteiger partial charge on any atom is -0.505 e. The Bertz CT molecular complexity index is 1280. The number of nitrogens with one attached hydrogen (secondary N) is 2. The van der Waals surface area contributed by atoms with Crippen LogP contribution < -0.4 is 10.6 Å². The molecule has 0 spiro atoms. The highest BCUT2D eigenvalue weighted by Gasteiger charge is 2.30. The standard InChI is InChI=1S/C22H25N7O3S/c1-22(2,3)16(14-10-7-11-32-14)24-18-17(25-19-20(26-18)28-33-27-19)23-13-9-6-8-12(15(13)30)21(31)29(4)5/h6-11,16,30H,1-5H3,(H,23,25,27)(H,24,26,28)/t16-/m0/s1. The van der Waals surface area contributed by atoms with Gasteiger partial charge in [-0.15, -0.1) is 0 Å². The maximum Gasteiger partial charge on any atom is 0.257 e. The zero-order chi connectivity index (χ0) is 23.8. The van der Waals surface area contributed by atoms with Gasteiger partial charge in [-0.2, -0.15) is 8.75 Å². The minimum absolute atomic E-state index is 0.173. The Labute approximate surface area is 195 Å². The van der Waals surface area contributed by atoms with Crippen LogP contribution in [0.3, 0.4) is 0 Å². The SMILES string of the molecule is CN(C)C(=O)c1cccc(Nc2nc3nsnc3nc2N[C@@H](c2ccco2)C(C)(C)C)c1O. The summed E-state index contributed by atoms with van der Waals surface area (Å²) in [5, 5.41) is 17.3. The van der Waals surface area contributed by atoms with Gasteiger partial charge in [0.1, 0.15) is 5.76 Å². The number of carbonyl (C=O) groups is 1. The number of phenolic OH excluding ortho intramolecular Hbond substituents is 1. The van der Waals surface area contributed by atoms with Gasteiger partial charge in [0.25, 0.3) is 5.91 Å². The fourth-order valence-electron chi connectivity index (χ4n) is 3.32. The molecule has 0 saturated carbocycles. The third kappa shape index (κ3) is 4.58. The number of nitrogens with zero attached hydrogens (tertiary/aromatic N) is 5. The second-order valence-corrected chi connectivity index (χ2v) is 9.35. The van der Waals surface area contributed by atoms with Crippen LogP contribution >= 0.6 is 11.7 Å². The van der Waals surface area contributed by atoms with E-state index in [0.717, 1.165) is 17.5 Å². The molecule has 0 fully saturated rings. The van der Waals surface area contributed by atoms with Crippen LogP contribution in [0.2, 0.25) is 0 Å². The van der Waals surface area contributed by atoms with Crippen molar-refractivity contribution in [1.29, 1.82) is 0 Å². The number of phenols is 1. The molecule has 4 aromatic rings. The van der Waals surface area contributed by atoms with E-state index in [2.05, 4.69) is 50.1 Å². The summed E-state index contributed by atoms with van der Waals surface area (Å²) in [6, 6.07) is 8.40. The molecule has 0 aliphatic rings. The summed E-state index contributed by atoms with van der Waals surface area (Å²) in [6.45, 7) is 6.25. The van der Waals surface area contributed by atoms with Gasteiger partial charge < -0.3 is 25.1 Å². The van der Waals surface area contributed by atoms with E-state index in [-0.39, 0.29) is 28.7 Å². The van der Waals surface area contributed by atoms with Crippen molar-refractivity contribution in [1.82, 2.24) is 23.6 Å². The van der Waals surface area contributed by atoms with Crippen LogP contribution in [0.4, 0.5) is 17.3 Å². The van der Waals surface area contributed by atoms with Crippen LogP contribution in [0.15, 0.2) is 41.0 Å². The quantitative estimate of drug-likeness (QED) is 0.353. The second-order valence-electron chi connectivity index (χ2n) is 8.82. The molecule has 0 radical (unpaired) electrons. The Morgan fingerprint density at radius 2 is 1.79 bits per heavy atom. The zero-order valence-electron chi connectivity index (χ0n) is 18.9.